The number of anilines is 1. The van der Waals surface area contributed by atoms with Crippen LogP contribution in [0.5, 0.6) is 0 Å². The summed E-state index contributed by atoms with van der Waals surface area (Å²) in [6.45, 7) is 1.18. The van der Waals surface area contributed by atoms with Gasteiger partial charge in [-0.05, 0) is 79.1 Å². The number of hydrogen-bond donors (Lipinski definition) is 1. The van der Waals surface area contributed by atoms with Gasteiger partial charge in [0.05, 0.1) is 4.90 Å². The Hall–Kier alpha value is -2.44. The molecule has 2 aliphatic rings. The van der Waals surface area contributed by atoms with Gasteiger partial charge in [-0.2, -0.15) is 4.31 Å². The molecule has 4 rings (SSSR count). The molecule has 5 nitrogen and oxygen atoms in total. The number of fused-ring (bicyclic) bond motifs is 1. The number of carbonyl (C=O) groups excluding carboxylic acids is 1. The number of hydrogen-bond acceptors (Lipinski definition) is 3. The minimum atomic E-state index is -3.45. The molecule has 1 saturated heterocycles. The predicted octanol–water partition coefficient (Wildman–Crippen LogP) is 4.39. The molecule has 2 aromatic carbocycles. The average molecular weight is 425 g/mol. The second-order valence-corrected chi connectivity index (χ2v) is 9.98. The van der Waals surface area contributed by atoms with Gasteiger partial charge in [0.2, 0.25) is 15.9 Å². The lowest BCUT2D eigenvalue weighted by Gasteiger charge is -2.19. The van der Waals surface area contributed by atoms with E-state index in [1.165, 1.54) is 23.6 Å². The summed E-state index contributed by atoms with van der Waals surface area (Å²) in [6.07, 6.45) is 10.5. The van der Waals surface area contributed by atoms with Crippen LogP contribution in [0.2, 0.25) is 0 Å². The van der Waals surface area contributed by atoms with Crippen molar-refractivity contribution in [2.24, 2.45) is 0 Å². The number of benzene rings is 2. The Balaban J connectivity index is 1.39. The van der Waals surface area contributed by atoms with Gasteiger partial charge in [0, 0.05) is 24.9 Å². The van der Waals surface area contributed by atoms with Crippen LogP contribution in [0.25, 0.3) is 6.08 Å². The third-order valence-corrected chi connectivity index (χ3v) is 7.79. The second kappa shape index (κ2) is 9.14. The molecule has 0 aromatic heterocycles. The molecule has 0 bridgehead atoms. The Bertz CT molecular complexity index is 1030. The Labute approximate surface area is 178 Å². The summed E-state index contributed by atoms with van der Waals surface area (Å²) in [5.41, 5.74) is 4.29. The summed E-state index contributed by atoms with van der Waals surface area (Å²) in [5.74, 6) is -0.200. The molecule has 30 heavy (non-hydrogen) atoms. The summed E-state index contributed by atoms with van der Waals surface area (Å²) >= 11 is 0. The zero-order valence-electron chi connectivity index (χ0n) is 17.1. The molecule has 0 unspecified atom stereocenters. The van der Waals surface area contributed by atoms with Gasteiger partial charge in [-0.15, -0.1) is 0 Å². The second-order valence-electron chi connectivity index (χ2n) is 8.05. The molecule has 0 atom stereocenters. The number of nitrogens with zero attached hydrogens (tertiary/aromatic N) is 1. The molecule has 0 saturated carbocycles. The van der Waals surface area contributed by atoms with Crippen molar-refractivity contribution in [2.45, 2.75) is 49.8 Å². The summed E-state index contributed by atoms with van der Waals surface area (Å²) in [7, 11) is -3.45. The molecule has 1 aliphatic heterocycles. The largest absolute Gasteiger partial charge is 0.323 e. The molecule has 1 N–H and O–H groups in total. The molecule has 1 aliphatic carbocycles. The van der Waals surface area contributed by atoms with Crippen molar-refractivity contribution in [2.75, 3.05) is 18.4 Å². The lowest BCUT2D eigenvalue weighted by molar-refractivity contribution is -0.111. The summed E-state index contributed by atoms with van der Waals surface area (Å²) < 4.78 is 27.3. The average Bonchev–Trinajstić information content (AvgIpc) is 3.03. The van der Waals surface area contributed by atoms with E-state index in [4.69, 9.17) is 0 Å². The first-order valence-corrected chi connectivity index (χ1v) is 12.2. The molecular weight excluding hydrogens is 396 g/mol. The van der Waals surface area contributed by atoms with Crippen LogP contribution in [0.3, 0.4) is 0 Å². The number of sulfonamides is 1. The SMILES string of the molecule is O=C(/C=C/c1ccc(S(=O)(=O)N2CCCCCC2)cc1)Nc1ccc2c(c1)CCC2. The quantitative estimate of drug-likeness (QED) is 0.724. The molecular formula is C24H28N2O3S. The van der Waals surface area contributed by atoms with Crippen molar-refractivity contribution >= 4 is 27.7 Å². The normalized spacial score (nSPS) is 17.6. The minimum absolute atomic E-state index is 0.200. The van der Waals surface area contributed by atoms with Gasteiger partial charge < -0.3 is 5.32 Å². The highest BCUT2D eigenvalue weighted by atomic mass is 32.2. The fourth-order valence-corrected chi connectivity index (χ4v) is 5.70. The molecule has 0 radical (unpaired) electrons. The first-order chi connectivity index (χ1) is 14.5. The van der Waals surface area contributed by atoms with Gasteiger partial charge in [-0.1, -0.05) is 31.0 Å². The molecule has 0 spiro atoms. The highest BCUT2D eigenvalue weighted by Crippen LogP contribution is 2.25. The van der Waals surface area contributed by atoms with Crippen molar-refractivity contribution in [3.63, 3.8) is 0 Å². The standard InChI is InChI=1S/C24H28N2O3S/c27-24(25-22-12-11-20-6-5-7-21(20)18-22)15-10-19-8-13-23(14-9-19)30(28,29)26-16-3-1-2-4-17-26/h8-15,18H,1-7,16-17H2,(H,25,27)/b15-10+. The van der Waals surface area contributed by atoms with Crippen LogP contribution < -0.4 is 5.32 Å². The zero-order valence-corrected chi connectivity index (χ0v) is 18.0. The van der Waals surface area contributed by atoms with E-state index in [9.17, 15) is 13.2 Å². The van der Waals surface area contributed by atoms with Crippen molar-refractivity contribution in [3.8, 4) is 0 Å². The third-order valence-electron chi connectivity index (χ3n) is 5.88. The third kappa shape index (κ3) is 4.82. The highest BCUT2D eigenvalue weighted by molar-refractivity contribution is 7.89. The van der Waals surface area contributed by atoms with Gasteiger partial charge in [-0.25, -0.2) is 8.42 Å². The Morgan fingerprint density at radius 1 is 0.867 bits per heavy atom. The first kappa shape index (κ1) is 20.8. The Morgan fingerprint density at radius 3 is 2.30 bits per heavy atom. The van der Waals surface area contributed by atoms with Crippen molar-refractivity contribution in [1.82, 2.24) is 4.31 Å². The van der Waals surface area contributed by atoms with E-state index < -0.39 is 10.0 Å². The Morgan fingerprint density at radius 2 is 1.57 bits per heavy atom. The monoisotopic (exact) mass is 424 g/mol. The first-order valence-electron chi connectivity index (χ1n) is 10.7. The van der Waals surface area contributed by atoms with Gasteiger partial charge in [0.15, 0.2) is 0 Å². The molecule has 1 fully saturated rings. The van der Waals surface area contributed by atoms with Crippen LogP contribution in [0.4, 0.5) is 5.69 Å². The van der Waals surface area contributed by atoms with Crippen LogP contribution >= 0.6 is 0 Å². The number of carbonyl (C=O) groups is 1. The van der Waals surface area contributed by atoms with Crippen molar-refractivity contribution < 1.29 is 13.2 Å². The van der Waals surface area contributed by atoms with Crippen LogP contribution in [-0.2, 0) is 27.7 Å². The van der Waals surface area contributed by atoms with Gasteiger partial charge in [0.25, 0.3) is 0 Å². The molecule has 1 heterocycles. The number of nitrogens with one attached hydrogen (secondary N) is 1. The Kier molecular flexibility index (Phi) is 6.35. The fraction of sp³-hybridized carbons (Fsp3) is 0.375. The fourth-order valence-electron chi connectivity index (χ4n) is 4.19. The van der Waals surface area contributed by atoms with Gasteiger partial charge in [-0.3, -0.25) is 4.79 Å². The summed E-state index contributed by atoms with van der Waals surface area (Å²) in [6, 6.07) is 12.8. The maximum atomic E-state index is 12.8. The number of aryl methyl sites for hydroxylation is 2. The van der Waals surface area contributed by atoms with Crippen LogP contribution in [0.15, 0.2) is 53.4 Å². The van der Waals surface area contributed by atoms with Crippen molar-refractivity contribution in [1.29, 1.82) is 0 Å². The van der Waals surface area contributed by atoms with Gasteiger partial charge in [0.1, 0.15) is 0 Å². The number of rotatable bonds is 5. The lowest BCUT2D eigenvalue weighted by atomic mass is 10.1. The van der Waals surface area contributed by atoms with E-state index in [0.717, 1.165) is 49.8 Å². The smallest absolute Gasteiger partial charge is 0.248 e. The summed E-state index contributed by atoms with van der Waals surface area (Å²) in [4.78, 5) is 12.6. The number of amides is 1. The van der Waals surface area contributed by atoms with E-state index in [2.05, 4.69) is 17.4 Å². The van der Waals surface area contributed by atoms with E-state index in [0.29, 0.717) is 18.0 Å². The molecule has 2 aromatic rings. The topological polar surface area (TPSA) is 66.5 Å². The predicted molar refractivity (Wildman–Crippen MR) is 120 cm³/mol. The maximum absolute atomic E-state index is 12.8. The zero-order chi connectivity index (χ0) is 21.0. The van der Waals surface area contributed by atoms with E-state index in [-0.39, 0.29) is 5.91 Å². The van der Waals surface area contributed by atoms with Gasteiger partial charge >= 0.3 is 0 Å². The van der Waals surface area contributed by atoms with E-state index >= 15 is 0 Å². The molecule has 158 valence electrons. The van der Waals surface area contributed by atoms with Crippen LogP contribution in [0.1, 0.15) is 48.8 Å². The van der Waals surface area contributed by atoms with Crippen LogP contribution in [0, 0.1) is 0 Å². The van der Waals surface area contributed by atoms with E-state index in [1.807, 2.05) is 6.07 Å². The van der Waals surface area contributed by atoms with Crippen LogP contribution in [-0.4, -0.2) is 31.7 Å². The highest BCUT2D eigenvalue weighted by Gasteiger charge is 2.24. The maximum Gasteiger partial charge on any atom is 0.248 e. The van der Waals surface area contributed by atoms with Crippen molar-refractivity contribution in [3.05, 3.63) is 65.2 Å². The lowest BCUT2D eigenvalue weighted by Crippen LogP contribution is -2.31. The van der Waals surface area contributed by atoms with E-state index in [1.54, 1.807) is 34.6 Å². The molecule has 1 amide bonds. The summed E-state index contributed by atoms with van der Waals surface area (Å²) in [5, 5.41) is 2.90. The minimum Gasteiger partial charge on any atom is -0.323 e. The molecule has 6 heteroatoms.